The second-order valence-electron chi connectivity index (χ2n) is 3.90. The lowest BCUT2D eigenvalue weighted by Crippen LogP contribution is -2.41. The van der Waals surface area contributed by atoms with Crippen molar-refractivity contribution in [2.75, 3.05) is 19.6 Å². The summed E-state index contributed by atoms with van der Waals surface area (Å²) in [4.78, 5) is 13.5. The summed E-state index contributed by atoms with van der Waals surface area (Å²) in [6, 6.07) is 0.359. The molecule has 13 heavy (non-hydrogen) atoms. The van der Waals surface area contributed by atoms with Gasteiger partial charge in [-0.1, -0.05) is 6.92 Å². The van der Waals surface area contributed by atoms with Crippen LogP contribution in [0, 0.1) is 0 Å². The number of rotatable bonds is 4. The fourth-order valence-electron chi connectivity index (χ4n) is 1.72. The second-order valence-corrected chi connectivity index (χ2v) is 3.90. The number of hydrogen-bond donors (Lipinski definition) is 1. The van der Waals surface area contributed by atoms with Crippen molar-refractivity contribution in [1.82, 2.24) is 4.90 Å². The predicted octanol–water partition coefficient (Wildman–Crippen LogP) is 0.779. The molecule has 0 atom stereocenters. The van der Waals surface area contributed by atoms with Crippen LogP contribution < -0.4 is 5.73 Å². The van der Waals surface area contributed by atoms with E-state index >= 15 is 0 Å². The SMILES string of the molecule is CCCC(=O)CN1CCC(N)CC1. The normalized spacial score (nSPS) is 20.5. The standard InChI is InChI=1S/C10H20N2O/c1-2-3-10(13)8-12-6-4-9(11)5-7-12/h9H,2-8,11H2,1H3. The largest absolute Gasteiger partial charge is 0.328 e. The summed E-state index contributed by atoms with van der Waals surface area (Å²) >= 11 is 0. The third-order valence-electron chi connectivity index (χ3n) is 2.56. The summed E-state index contributed by atoms with van der Waals surface area (Å²) in [5, 5.41) is 0. The van der Waals surface area contributed by atoms with Gasteiger partial charge in [0, 0.05) is 25.6 Å². The van der Waals surface area contributed by atoms with Crippen LogP contribution in [0.2, 0.25) is 0 Å². The highest BCUT2D eigenvalue weighted by molar-refractivity contribution is 5.80. The first-order valence-corrected chi connectivity index (χ1v) is 5.22. The molecule has 1 rings (SSSR count). The van der Waals surface area contributed by atoms with Crippen molar-refractivity contribution in [3.63, 3.8) is 0 Å². The number of carbonyl (C=O) groups excluding carboxylic acids is 1. The maximum absolute atomic E-state index is 11.3. The van der Waals surface area contributed by atoms with Crippen LogP contribution in [0.25, 0.3) is 0 Å². The maximum atomic E-state index is 11.3. The zero-order valence-corrected chi connectivity index (χ0v) is 8.46. The van der Waals surface area contributed by atoms with Crippen LogP contribution in [-0.2, 0) is 4.79 Å². The molecule has 0 aliphatic carbocycles. The number of nitrogens with zero attached hydrogens (tertiary/aromatic N) is 1. The highest BCUT2D eigenvalue weighted by atomic mass is 16.1. The highest BCUT2D eigenvalue weighted by Gasteiger charge is 2.17. The Morgan fingerprint density at radius 1 is 1.46 bits per heavy atom. The molecular weight excluding hydrogens is 164 g/mol. The average molecular weight is 184 g/mol. The van der Waals surface area contributed by atoms with Crippen molar-refractivity contribution in [2.24, 2.45) is 5.73 Å². The lowest BCUT2D eigenvalue weighted by Gasteiger charge is -2.29. The third kappa shape index (κ3) is 3.87. The molecule has 3 heteroatoms. The quantitative estimate of drug-likeness (QED) is 0.702. The third-order valence-corrected chi connectivity index (χ3v) is 2.56. The van der Waals surface area contributed by atoms with Crippen molar-refractivity contribution in [3.8, 4) is 0 Å². The van der Waals surface area contributed by atoms with Crippen LogP contribution in [0.5, 0.6) is 0 Å². The van der Waals surface area contributed by atoms with Crippen molar-refractivity contribution in [2.45, 2.75) is 38.6 Å². The summed E-state index contributed by atoms with van der Waals surface area (Å²) in [6.45, 7) is 4.68. The molecule has 0 saturated carbocycles. The first kappa shape index (κ1) is 10.7. The Kier molecular flexibility index (Phi) is 4.39. The fraction of sp³-hybridized carbons (Fsp3) is 0.900. The second kappa shape index (κ2) is 5.35. The fourth-order valence-corrected chi connectivity index (χ4v) is 1.72. The van der Waals surface area contributed by atoms with E-state index in [1.54, 1.807) is 0 Å². The molecule has 1 aliphatic rings. The minimum absolute atomic E-state index is 0.359. The van der Waals surface area contributed by atoms with Gasteiger partial charge >= 0.3 is 0 Å². The Labute approximate surface area is 80.3 Å². The lowest BCUT2D eigenvalue weighted by atomic mass is 10.1. The van der Waals surface area contributed by atoms with Crippen molar-refractivity contribution >= 4 is 5.78 Å². The van der Waals surface area contributed by atoms with Crippen molar-refractivity contribution < 1.29 is 4.79 Å². The lowest BCUT2D eigenvalue weighted by molar-refractivity contribution is -0.120. The molecule has 1 fully saturated rings. The molecule has 0 unspecified atom stereocenters. The first-order valence-electron chi connectivity index (χ1n) is 5.22. The average Bonchev–Trinajstić information content (AvgIpc) is 2.09. The number of likely N-dealkylation sites (tertiary alicyclic amines) is 1. The molecule has 0 spiro atoms. The number of ketones is 1. The Bertz CT molecular complexity index is 162. The number of carbonyl (C=O) groups is 1. The van der Waals surface area contributed by atoms with Crippen LogP contribution in [-0.4, -0.2) is 36.4 Å². The molecule has 0 radical (unpaired) electrons. The van der Waals surface area contributed by atoms with Gasteiger partial charge in [0.25, 0.3) is 0 Å². The Balaban J connectivity index is 2.18. The van der Waals surface area contributed by atoms with E-state index in [0.29, 0.717) is 18.4 Å². The summed E-state index contributed by atoms with van der Waals surface area (Å²) < 4.78 is 0. The monoisotopic (exact) mass is 184 g/mol. The Morgan fingerprint density at radius 2 is 2.08 bits per heavy atom. The molecule has 0 bridgehead atoms. The van der Waals surface area contributed by atoms with Crippen molar-refractivity contribution in [1.29, 1.82) is 0 Å². The Hall–Kier alpha value is -0.410. The number of Topliss-reactive ketones (excluding diaryl/α,β-unsaturated/α-hetero) is 1. The summed E-state index contributed by atoms with van der Waals surface area (Å²) in [5.41, 5.74) is 5.77. The van der Waals surface area contributed by atoms with Crippen LogP contribution >= 0.6 is 0 Å². The van der Waals surface area contributed by atoms with E-state index in [2.05, 4.69) is 4.90 Å². The van der Waals surface area contributed by atoms with Gasteiger partial charge in [0.15, 0.2) is 0 Å². The van der Waals surface area contributed by atoms with Gasteiger partial charge in [-0.2, -0.15) is 0 Å². The van der Waals surface area contributed by atoms with Gasteiger partial charge in [-0.3, -0.25) is 9.69 Å². The van der Waals surface area contributed by atoms with E-state index < -0.39 is 0 Å². The van der Waals surface area contributed by atoms with E-state index in [9.17, 15) is 4.79 Å². The molecule has 0 aromatic rings. The molecule has 0 aromatic carbocycles. The minimum Gasteiger partial charge on any atom is -0.328 e. The Morgan fingerprint density at radius 3 is 2.62 bits per heavy atom. The van der Waals surface area contributed by atoms with E-state index in [4.69, 9.17) is 5.73 Å². The van der Waals surface area contributed by atoms with E-state index in [-0.39, 0.29) is 0 Å². The molecule has 3 nitrogen and oxygen atoms in total. The predicted molar refractivity (Wildman–Crippen MR) is 53.6 cm³/mol. The number of hydrogen-bond acceptors (Lipinski definition) is 3. The highest BCUT2D eigenvalue weighted by Crippen LogP contribution is 2.08. The molecule has 76 valence electrons. The van der Waals surface area contributed by atoms with Gasteiger partial charge in [-0.15, -0.1) is 0 Å². The van der Waals surface area contributed by atoms with Gasteiger partial charge in [0.05, 0.1) is 6.54 Å². The van der Waals surface area contributed by atoms with Crippen LogP contribution in [0.15, 0.2) is 0 Å². The molecule has 2 N–H and O–H groups in total. The topological polar surface area (TPSA) is 46.3 Å². The zero-order chi connectivity index (χ0) is 9.68. The molecule has 0 aromatic heterocycles. The van der Waals surface area contributed by atoms with Gasteiger partial charge < -0.3 is 5.73 Å². The van der Waals surface area contributed by atoms with Gasteiger partial charge in [-0.25, -0.2) is 0 Å². The zero-order valence-electron chi connectivity index (χ0n) is 8.46. The number of piperidine rings is 1. The van der Waals surface area contributed by atoms with Gasteiger partial charge in [-0.05, 0) is 19.3 Å². The van der Waals surface area contributed by atoms with Crippen LogP contribution in [0.4, 0.5) is 0 Å². The molecular formula is C10H20N2O. The minimum atomic E-state index is 0.359. The van der Waals surface area contributed by atoms with Crippen molar-refractivity contribution in [3.05, 3.63) is 0 Å². The molecule has 1 heterocycles. The van der Waals surface area contributed by atoms with Gasteiger partial charge in [0.1, 0.15) is 5.78 Å². The smallest absolute Gasteiger partial charge is 0.146 e. The number of nitrogens with two attached hydrogens (primary N) is 1. The molecule has 0 amide bonds. The first-order chi connectivity index (χ1) is 6.22. The molecule has 1 aliphatic heterocycles. The van der Waals surface area contributed by atoms with Crippen LogP contribution in [0.1, 0.15) is 32.6 Å². The summed E-state index contributed by atoms with van der Waals surface area (Å²) in [5.74, 6) is 0.373. The molecule has 1 saturated heterocycles. The van der Waals surface area contributed by atoms with E-state index in [1.807, 2.05) is 6.92 Å². The van der Waals surface area contributed by atoms with Crippen LogP contribution in [0.3, 0.4) is 0 Å². The summed E-state index contributed by atoms with van der Waals surface area (Å²) in [7, 11) is 0. The van der Waals surface area contributed by atoms with E-state index in [1.165, 1.54) is 0 Å². The maximum Gasteiger partial charge on any atom is 0.146 e. The van der Waals surface area contributed by atoms with Gasteiger partial charge in [0.2, 0.25) is 0 Å². The summed E-state index contributed by atoms with van der Waals surface area (Å²) in [6.07, 6.45) is 3.77. The van der Waals surface area contributed by atoms with E-state index in [0.717, 1.165) is 38.8 Å².